The first-order valence-corrected chi connectivity index (χ1v) is 8.18. The summed E-state index contributed by atoms with van der Waals surface area (Å²) in [6.07, 6.45) is 0.673. The Bertz CT molecular complexity index is 610. The predicted molar refractivity (Wildman–Crippen MR) is 81.9 cm³/mol. The molecule has 0 aliphatic rings. The molecule has 0 unspecified atom stereocenters. The van der Waals surface area contributed by atoms with Crippen molar-refractivity contribution in [2.75, 3.05) is 0 Å². The number of aromatic carboxylic acids is 1. The second-order valence-corrected chi connectivity index (χ2v) is 8.74. The van der Waals surface area contributed by atoms with Gasteiger partial charge in [0, 0.05) is 5.54 Å². The first kappa shape index (κ1) is 17.7. The molecule has 0 fully saturated rings. The van der Waals surface area contributed by atoms with Gasteiger partial charge in [0.2, 0.25) is 10.0 Å². The van der Waals surface area contributed by atoms with E-state index in [1.54, 1.807) is 0 Å². The number of hydrogen-bond acceptors (Lipinski definition) is 3. The van der Waals surface area contributed by atoms with Gasteiger partial charge >= 0.3 is 5.97 Å². The van der Waals surface area contributed by atoms with Crippen LogP contribution in [0.3, 0.4) is 0 Å². The Morgan fingerprint density at radius 3 is 1.95 bits per heavy atom. The molecule has 1 aromatic carbocycles. The van der Waals surface area contributed by atoms with Gasteiger partial charge in [0.15, 0.2) is 0 Å². The lowest BCUT2D eigenvalue weighted by Gasteiger charge is -2.32. The molecule has 0 aromatic heterocycles. The average Bonchev–Trinajstić information content (AvgIpc) is 2.24. The van der Waals surface area contributed by atoms with E-state index in [4.69, 9.17) is 5.11 Å². The molecular formula is C15H23NO4S. The topological polar surface area (TPSA) is 83.5 Å². The molecule has 0 aliphatic carbocycles. The maximum Gasteiger partial charge on any atom is 0.335 e. The molecule has 21 heavy (non-hydrogen) atoms. The average molecular weight is 313 g/mol. The van der Waals surface area contributed by atoms with Crippen LogP contribution in [0.25, 0.3) is 0 Å². The van der Waals surface area contributed by atoms with E-state index in [9.17, 15) is 13.2 Å². The molecule has 118 valence electrons. The van der Waals surface area contributed by atoms with Crippen LogP contribution >= 0.6 is 0 Å². The van der Waals surface area contributed by atoms with Crippen molar-refractivity contribution < 1.29 is 18.3 Å². The fourth-order valence-electron chi connectivity index (χ4n) is 2.56. The summed E-state index contributed by atoms with van der Waals surface area (Å²) in [7, 11) is -3.68. The van der Waals surface area contributed by atoms with Gasteiger partial charge in [-0.3, -0.25) is 0 Å². The number of sulfonamides is 1. The van der Waals surface area contributed by atoms with Crippen molar-refractivity contribution in [3.05, 3.63) is 29.8 Å². The number of benzene rings is 1. The van der Waals surface area contributed by atoms with E-state index in [-0.39, 0.29) is 15.9 Å². The summed E-state index contributed by atoms with van der Waals surface area (Å²) in [5.41, 5.74) is -0.551. The SMILES string of the molecule is CC(C)(C)CC(C)(C)NS(=O)(=O)c1ccc(C(=O)O)cc1. The predicted octanol–water partition coefficient (Wildman–Crippen LogP) is 2.88. The number of hydrogen-bond donors (Lipinski definition) is 2. The highest BCUT2D eigenvalue weighted by Gasteiger charge is 2.30. The molecule has 6 heteroatoms. The molecule has 0 bridgehead atoms. The lowest BCUT2D eigenvalue weighted by Crippen LogP contribution is -2.45. The van der Waals surface area contributed by atoms with Crippen LogP contribution in [-0.4, -0.2) is 25.0 Å². The molecule has 0 atom stereocenters. The normalized spacial score (nSPS) is 13.2. The quantitative estimate of drug-likeness (QED) is 0.875. The molecule has 2 N–H and O–H groups in total. The summed E-state index contributed by atoms with van der Waals surface area (Å²) in [5, 5.41) is 8.83. The van der Waals surface area contributed by atoms with Crippen molar-refractivity contribution in [3.63, 3.8) is 0 Å². The van der Waals surface area contributed by atoms with Gasteiger partial charge in [-0.25, -0.2) is 17.9 Å². The molecule has 0 amide bonds. The summed E-state index contributed by atoms with van der Waals surface area (Å²) in [4.78, 5) is 10.8. The van der Waals surface area contributed by atoms with E-state index in [1.165, 1.54) is 24.3 Å². The molecule has 5 nitrogen and oxygen atoms in total. The molecule has 0 saturated heterocycles. The monoisotopic (exact) mass is 313 g/mol. The van der Waals surface area contributed by atoms with Crippen LogP contribution in [0, 0.1) is 5.41 Å². The lowest BCUT2D eigenvalue weighted by atomic mass is 9.82. The maximum atomic E-state index is 12.4. The Balaban J connectivity index is 2.98. The Morgan fingerprint density at radius 2 is 1.57 bits per heavy atom. The Kier molecular flexibility index (Phi) is 4.85. The smallest absolute Gasteiger partial charge is 0.335 e. The highest BCUT2D eigenvalue weighted by Crippen LogP contribution is 2.28. The van der Waals surface area contributed by atoms with Crippen LogP contribution in [0.1, 0.15) is 51.4 Å². The lowest BCUT2D eigenvalue weighted by molar-refractivity contribution is 0.0696. The number of rotatable bonds is 5. The molecule has 1 rings (SSSR count). The fourth-order valence-corrected chi connectivity index (χ4v) is 3.97. The van der Waals surface area contributed by atoms with E-state index in [2.05, 4.69) is 4.72 Å². The van der Waals surface area contributed by atoms with Crippen molar-refractivity contribution in [1.82, 2.24) is 4.72 Å². The van der Waals surface area contributed by atoms with E-state index in [0.29, 0.717) is 6.42 Å². The van der Waals surface area contributed by atoms with Crippen molar-refractivity contribution in [2.45, 2.75) is 51.5 Å². The minimum absolute atomic E-state index is 0.0147. The summed E-state index contributed by atoms with van der Waals surface area (Å²) in [6, 6.07) is 5.18. The molecule has 0 heterocycles. The largest absolute Gasteiger partial charge is 0.478 e. The van der Waals surface area contributed by atoms with Crippen LogP contribution in [0.2, 0.25) is 0 Å². The van der Waals surface area contributed by atoms with Gasteiger partial charge in [0.25, 0.3) is 0 Å². The third kappa shape index (κ3) is 5.47. The van der Waals surface area contributed by atoms with E-state index < -0.39 is 21.5 Å². The fraction of sp³-hybridized carbons (Fsp3) is 0.533. The van der Waals surface area contributed by atoms with Gasteiger partial charge < -0.3 is 5.11 Å². The molecule has 0 aliphatic heterocycles. The molecule has 1 aromatic rings. The van der Waals surface area contributed by atoms with Gasteiger partial charge in [-0.1, -0.05) is 20.8 Å². The van der Waals surface area contributed by atoms with E-state index in [0.717, 1.165) is 0 Å². The van der Waals surface area contributed by atoms with Gasteiger partial charge in [0.1, 0.15) is 0 Å². The van der Waals surface area contributed by atoms with Crippen molar-refractivity contribution in [3.8, 4) is 0 Å². The molecule has 0 radical (unpaired) electrons. The zero-order chi connectivity index (χ0) is 16.5. The van der Waals surface area contributed by atoms with E-state index in [1.807, 2.05) is 34.6 Å². The minimum Gasteiger partial charge on any atom is -0.478 e. The maximum absolute atomic E-state index is 12.4. The standard InChI is InChI=1S/C15H23NO4S/c1-14(2,3)10-15(4,5)16-21(19,20)12-8-6-11(7-9-12)13(17)18/h6-9,16H,10H2,1-5H3,(H,17,18). The van der Waals surface area contributed by atoms with Gasteiger partial charge in [-0.15, -0.1) is 0 Å². The zero-order valence-electron chi connectivity index (χ0n) is 13.1. The third-order valence-corrected chi connectivity index (χ3v) is 4.51. The summed E-state index contributed by atoms with van der Waals surface area (Å²) < 4.78 is 27.4. The summed E-state index contributed by atoms with van der Waals surface area (Å²) >= 11 is 0. The van der Waals surface area contributed by atoms with Crippen LogP contribution in [0.5, 0.6) is 0 Å². The van der Waals surface area contributed by atoms with Crippen molar-refractivity contribution >= 4 is 16.0 Å². The third-order valence-electron chi connectivity index (χ3n) is 2.79. The highest BCUT2D eigenvalue weighted by molar-refractivity contribution is 7.89. The number of carbonyl (C=O) groups is 1. The van der Waals surface area contributed by atoms with Crippen LogP contribution < -0.4 is 4.72 Å². The number of carboxylic acid groups (broad SMARTS) is 1. The summed E-state index contributed by atoms with van der Waals surface area (Å²) in [6.45, 7) is 9.81. The second kappa shape index (κ2) is 5.77. The van der Waals surface area contributed by atoms with Crippen LogP contribution in [0.15, 0.2) is 29.2 Å². The molecule has 0 saturated carbocycles. The first-order valence-electron chi connectivity index (χ1n) is 6.70. The second-order valence-electron chi connectivity index (χ2n) is 7.06. The zero-order valence-corrected chi connectivity index (χ0v) is 13.9. The first-order chi connectivity index (χ1) is 9.32. The minimum atomic E-state index is -3.68. The number of carboxylic acids is 1. The van der Waals surface area contributed by atoms with Crippen molar-refractivity contribution in [1.29, 1.82) is 0 Å². The van der Waals surface area contributed by atoms with Crippen molar-refractivity contribution in [2.24, 2.45) is 5.41 Å². The summed E-state index contributed by atoms with van der Waals surface area (Å²) in [5.74, 6) is -1.08. The van der Waals surface area contributed by atoms with Crippen LogP contribution in [-0.2, 0) is 10.0 Å². The van der Waals surface area contributed by atoms with Gasteiger partial charge in [-0.2, -0.15) is 0 Å². The number of nitrogens with one attached hydrogen (secondary N) is 1. The Hall–Kier alpha value is -1.40. The van der Waals surface area contributed by atoms with E-state index >= 15 is 0 Å². The van der Waals surface area contributed by atoms with Gasteiger partial charge in [0.05, 0.1) is 10.5 Å². The van der Waals surface area contributed by atoms with Crippen LogP contribution in [0.4, 0.5) is 0 Å². The Morgan fingerprint density at radius 1 is 1.10 bits per heavy atom. The highest BCUT2D eigenvalue weighted by atomic mass is 32.2. The Labute approximate surface area is 126 Å². The van der Waals surface area contributed by atoms with Gasteiger partial charge in [-0.05, 0) is 49.9 Å². The molecular weight excluding hydrogens is 290 g/mol. The molecule has 0 spiro atoms.